The van der Waals surface area contributed by atoms with Crippen LogP contribution in [0.2, 0.25) is 0 Å². The van der Waals surface area contributed by atoms with E-state index in [1.165, 1.54) is 12.1 Å². The lowest BCUT2D eigenvalue weighted by Gasteiger charge is -2.19. The molecular formula is C16H18ClFO2. The zero-order valence-electron chi connectivity index (χ0n) is 11.7. The highest BCUT2D eigenvalue weighted by Crippen LogP contribution is 2.30. The van der Waals surface area contributed by atoms with Crippen LogP contribution >= 0.6 is 11.6 Å². The highest BCUT2D eigenvalue weighted by molar-refractivity contribution is 6.19. The molecule has 0 saturated carbocycles. The summed E-state index contributed by atoms with van der Waals surface area (Å²) in [5, 5.41) is 0. The molecule has 2 rings (SSSR count). The van der Waals surface area contributed by atoms with Crippen LogP contribution in [0.4, 0.5) is 4.39 Å². The number of benzene rings is 1. The van der Waals surface area contributed by atoms with Crippen molar-refractivity contribution < 1.29 is 13.9 Å². The molecule has 1 aliphatic rings. The Hall–Kier alpha value is -1.24. The highest BCUT2D eigenvalue weighted by Gasteiger charge is 2.32. The van der Waals surface area contributed by atoms with E-state index < -0.39 is 0 Å². The van der Waals surface area contributed by atoms with E-state index in [0.29, 0.717) is 17.9 Å². The number of hydrogen-bond donors (Lipinski definition) is 0. The predicted molar refractivity (Wildman–Crippen MR) is 77.7 cm³/mol. The summed E-state index contributed by atoms with van der Waals surface area (Å²) in [6, 6.07) is 4.31. The standard InChI is InChI=1S/C16H18ClFO2/c1-16(2)8-7-14(20-16)11-19-15-10-13(18)6-5-12(15)4-3-9-17/h5-6,10,14H,7-9,11H2,1-2H3. The number of halogens is 2. The Morgan fingerprint density at radius 1 is 1.50 bits per heavy atom. The van der Waals surface area contributed by atoms with Gasteiger partial charge in [-0.1, -0.05) is 11.8 Å². The third kappa shape index (κ3) is 4.13. The molecule has 1 aromatic carbocycles. The molecule has 0 spiro atoms. The molecule has 108 valence electrons. The molecule has 4 heteroatoms. The maximum Gasteiger partial charge on any atom is 0.137 e. The van der Waals surface area contributed by atoms with E-state index in [1.54, 1.807) is 6.07 Å². The summed E-state index contributed by atoms with van der Waals surface area (Å²) in [6.07, 6.45) is 2.00. The Labute approximate surface area is 124 Å². The van der Waals surface area contributed by atoms with Gasteiger partial charge in [-0.15, -0.1) is 11.6 Å². The first kappa shape index (κ1) is 15.2. The summed E-state index contributed by atoms with van der Waals surface area (Å²) < 4.78 is 24.8. The van der Waals surface area contributed by atoms with Gasteiger partial charge in [0.25, 0.3) is 0 Å². The van der Waals surface area contributed by atoms with Gasteiger partial charge in [-0.05, 0) is 38.8 Å². The Morgan fingerprint density at radius 3 is 2.95 bits per heavy atom. The van der Waals surface area contributed by atoms with Crippen molar-refractivity contribution in [2.45, 2.75) is 38.4 Å². The zero-order valence-corrected chi connectivity index (χ0v) is 12.5. The SMILES string of the molecule is CC1(C)CCC(COc2cc(F)ccc2C#CCCl)O1. The number of alkyl halides is 1. The van der Waals surface area contributed by atoms with E-state index in [0.717, 1.165) is 12.8 Å². The zero-order chi connectivity index (χ0) is 14.6. The minimum absolute atomic E-state index is 0.0436. The van der Waals surface area contributed by atoms with Crippen LogP contribution in [0, 0.1) is 17.7 Å². The van der Waals surface area contributed by atoms with Gasteiger partial charge in [0.15, 0.2) is 0 Å². The van der Waals surface area contributed by atoms with Crippen molar-refractivity contribution in [1.29, 1.82) is 0 Å². The van der Waals surface area contributed by atoms with Crippen molar-refractivity contribution in [2.24, 2.45) is 0 Å². The van der Waals surface area contributed by atoms with Crippen molar-refractivity contribution in [1.82, 2.24) is 0 Å². The molecule has 1 unspecified atom stereocenters. The smallest absolute Gasteiger partial charge is 0.137 e. The van der Waals surface area contributed by atoms with Crippen molar-refractivity contribution >= 4 is 11.6 Å². The van der Waals surface area contributed by atoms with Gasteiger partial charge in [-0.2, -0.15) is 0 Å². The summed E-state index contributed by atoms with van der Waals surface area (Å²) in [5.74, 6) is 5.94. The molecule has 0 N–H and O–H groups in total. The topological polar surface area (TPSA) is 18.5 Å². The second-order valence-electron chi connectivity index (χ2n) is 5.43. The molecule has 2 nitrogen and oxygen atoms in total. The maximum absolute atomic E-state index is 13.3. The lowest BCUT2D eigenvalue weighted by atomic mass is 10.1. The Morgan fingerprint density at radius 2 is 2.30 bits per heavy atom. The molecule has 0 aromatic heterocycles. The van der Waals surface area contributed by atoms with Gasteiger partial charge in [0.2, 0.25) is 0 Å². The largest absolute Gasteiger partial charge is 0.489 e. The average Bonchev–Trinajstić information content (AvgIpc) is 2.75. The van der Waals surface area contributed by atoms with Gasteiger partial charge in [0.05, 0.1) is 23.1 Å². The van der Waals surface area contributed by atoms with Crippen LogP contribution in [0.15, 0.2) is 18.2 Å². The van der Waals surface area contributed by atoms with Crippen molar-refractivity contribution in [3.8, 4) is 17.6 Å². The van der Waals surface area contributed by atoms with Crippen molar-refractivity contribution in [2.75, 3.05) is 12.5 Å². The van der Waals surface area contributed by atoms with Crippen LogP contribution in [0.3, 0.4) is 0 Å². The summed E-state index contributed by atoms with van der Waals surface area (Å²) in [6.45, 7) is 4.53. The summed E-state index contributed by atoms with van der Waals surface area (Å²) in [5.41, 5.74) is 0.543. The van der Waals surface area contributed by atoms with Crippen molar-refractivity contribution in [3.63, 3.8) is 0 Å². The Balaban J connectivity index is 2.03. The first-order chi connectivity index (χ1) is 9.50. The van der Waals surface area contributed by atoms with Gasteiger partial charge in [0, 0.05) is 6.07 Å². The Bertz CT molecular complexity index is 531. The van der Waals surface area contributed by atoms with E-state index in [2.05, 4.69) is 25.7 Å². The average molecular weight is 297 g/mol. The van der Waals surface area contributed by atoms with Gasteiger partial charge >= 0.3 is 0 Å². The monoisotopic (exact) mass is 296 g/mol. The first-order valence-corrected chi connectivity index (χ1v) is 7.19. The third-order valence-electron chi connectivity index (χ3n) is 3.21. The molecule has 0 radical (unpaired) electrons. The molecule has 0 bridgehead atoms. The fourth-order valence-corrected chi connectivity index (χ4v) is 2.29. The molecule has 1 atom stereocenters. The van der Waals surface area contributed by atoms with E-state index in [9.17, 15) is 4.39 Å². The summed E-state index contributed by atoms with van der Waals surface area (Å²) >= 11 is 5.54. The van der Waals surface area contributed by atoms with Gasteiger partial charge in [-0.3, -0.25) is 0 Å². The quantitative estimate of drug-likeness (QED) is 0.625. The summed E-state index contributed by atoms with van der Waals surface area (Å²) in [4.78, 5) is 0. The van der Waals surface area contributed by atoms with Crippen LogP contribution in [0.5, 0.6) is 5.75 Å². The normalized spacial score (nSPS) is 20.3. The van der Waals surface area contributed by atoms with Gasteiger partial charge < -0.3 is 9.47 Å². The molecule has 1 aliphatic heterocycles. The molecule has 0 aliphatic carbocycles. The predicted octanol–water partition coefficient (Wildman–Crippen LogP) is 3.75. The van der Waals surface area contributed by atoms with E-state index in [4.69, 9.17) is 21.1 Å². The van der Waals surface area contributed by atoms with Gasteiger partial charge in [0.1, 0.15) is 18.2 Å². The van der Waals surface area contributed by atoms with Crippen LogP contribution in [0.25, 0.3) is 0 Å². The molecule has 1 aromatic rings. The van der Waals surface area contributed by atoms with E-state index in [1.807, 2.05) is 0 Å². The van der Waals surface area contributed by atoms with Crippen LogP contribution in [-0.2, 0) is 4.74 Å². The highest BCUT2D eigenvalue weighted by atomic mass is 35.5. The molecular weight excluding hydrogens is 279 g/mol. The minimum atomic E-state index is -0.343. The number of hydrogen-bond acceptors (Lipinski definition) is 2. The van der Waals surface area contributed by atoms with Crippen LogP contribution < -0.4 is 4.74 Å². The third-order valence-corrected chi connectivity index (χ3v) is 3.35. The van der Waals surface area contributed by atoms with E-state index >= 15 is 0 Å². The number of ether oxygens (including phenoxy) is 2. The lowest BCUT2D eigenvalue weighted by Crippen LogP contribution is -2.24. The van der Waals surface area contributed by atoms with Crippen molar-refractivity contribution in [3.05, 3.63) is 29.6 Å². The van der Waals surface area contributed by atoms with E-state index in [-0.39, 0.29) is 23.4 Å². The van der Waals surface area contributed by atoms with Crippen LogP contribution in [-0.4, -0.2) is 24.2 Å². The molecule has 20 heavy (non-hydrogen) atoms. The van der Waals surface area contributed by atoms with Crippen LogP contribution in [0.1, 0.15) is 32.3 Å². The molecule has 1 saturated heterocycles. The molecule has 0 amide bonds. The number of rotatable bonds is 3. The fourth-order valence-electron chi connectivity index (χ4n) is 2.23. The van der Waals surface area contributed by atoms with Gasteiger partial charge in [-0.25, -0.2) is 4.39 Å². The molecule has 1 heterocycles. The minimum Gasteiger partial charge on any atom is -0.489 e. The Kier molecular flexibility index (Phi) is 4.91. The fraction of sp³-hybridized carbons (Fsp3) is 0.500. The first-order valence-electron chi connectivity index (χ1n) is 6.65. The maximum atomic E-state index is 13.3. The summed E-state index contributed by atoms with van der Waals surface area (Å²) in [7, 11) is 0. The lowest BCUT2D eigenvalue weighted by molar-refractivity contribution is -0.0327. The molecule has 1 fully saturated rings. The second-order valence-corrected chi connectivity index (χ2v) is 5.69. The second kappa shape index (κ2) is 6.47.